The van der Waals surface area contributed by atoms with Crippen LogP contribution in [-0.2, 0) is 6.18 Å². The quantitative estimate of drug-likeness (QED) is 0.647. The van der Waals surface area contributed by atoms with Crippen LogP contribution in [0.3, 0.4) is 0 Å². The van der Waals surface area contributed by atoms with Crippen molar-refractivity contribution in [3.05, 3.63) is 59.3 Å². The van der Waals surface area contributed by atoms with E-state index in [-0.39, 0.29) is 0 Å². The number of halogens is 3. The van der Waals surface area contributed by atoms with E-state index in [0.717, 1.165) is 12.1 Å². The molecule has 2 N–H and O–H groups in total. The van der Waals surface area contributed by atoms with Crippen molar-refractivity contribution < 1.29 is 27.4 Å². The Balaban J connectivity index is 1.89. The predicted molar refractivity (Wildman–Crippen MR) is 101 cm³/mol. The van der Waals surface area contributed by atoms with Gasteiger partial charge >= 0.3 is 6.18 Å². The summed E-state index contributed by atoms with van der Waals surface area (Å²) in [5.41, 5.74) is 1.28. The van der Waals surface area contributed by atoms with Gasteiger partial charge in [-0.1, -0.05) is 12.1 Å². The van der Waals surface area contributed by atoms with Crippen LogP contribution in [0, 0.1) is 6.92 Å². The van der Waals surface area contributed by atoms with Crippen LogP contribution in [0.25, 0.3) is 11.3 Å². The molecule has 9 heteroatoms. The van der Waals surface area contributed by atoms with E-state index in [4.69, 9.17) is 9.47 Å². The number of nitrogens with one attached hydrogen (secondary N) is 2. The molecule has 3 rings (SSSR count). The van der Waals surface area contributed by atoms with Gasteiger partial charge in [-0.25, -0.2) is 0 Å². The molecule has 0 saturated heterocycles. The van der Waals surface area contributed by atoms with Crippen LogP contribution in [0.15, 0.2) is 42.5 Å². The van der Waals surface area contributed by atoms with E-state index in [1.807, 2.05) is 0 Å². The SMILES string of the molecule is COc1ccc(C(=O)Nc2c(-c3ccc(C(F)(F)F)cc3)n[nH]c2C)cc1OC. The molecule has 1 amide bonds. The minimum atomic E-state index is -4.43. The third kappa shape index (κ3) is 4.18. The Morgan fingerprint density at radius 2 is 1.69 bits per heavy atom. The van der Waals surface area contributed by atoms with Gasteiger partial charge < -0.3 is 14.8 Å². The summed E-state index contributed by atoms with van der Waals surface area (Å²) in [6.07, 6.45) is -4.43. The second-order valence-electron chi connectivity index (χ2n) is 6.17. The molecule has 0 atom stereocenters. The summed E-state index contributed by atoms with van der Waals surface area (Å²) in [5, 5.41) is 9.62. The minimum absolute atomic E-state index is 0.321. The number of aromatic amines is 1. The van der Waals surface area contributed by atoms with E-state index in [0.29, 0.717) is 39.7 Å². The van der Waals surface area contributed by atoms with Crippen LogP contribution in [0.1, 0.15) is 21.6 Å². The highest BCUT2D eigenvalue weighted by Gasteiger charge is 2.30. The fraction of sp³-hybridized carbons (Fsp3) is 0.200. The number of benzene rings is 2. The fourth-order valence-corrected chi connectivity index (χ4v) is 2.77. The Labute approximate surface area is 164 Å². The fourth-order valence-electron chi connectivity index (χ4n) is 2.77. The van der Waals surface area contributed by atoms with Crippen LogP contribution < -0.4 is 14.8 Å². The van der Waals surface area contributed by atoms with Gasteiger partial charge in [0.15, 0.2) is 11.5 Å². The number of anilines is 1. The van der Waals surface area contributed by atoms with E-state index in [1.54, 1.807) is 19.1 Å². The molecule has 0 unspecified atom stereocenters. The summed E-state index contributed by atoms with van der Waals surface area (Å²) in [5.74, 6) is 0.449. The first-order chi connectivity index (χ1) is 13.7. The zero-order valence-corrected chi connectivity index (χ0v) is 15.8. The lowest BCUT2D eigenvalue weighted by Crippen LogP contribution is -2.13. The number of methoxy groups -OCH3 is 2. The van der Waals surface area contributed by atoms with Crippen molar-refractivity contribution in [2.75, 3.05) is 19.5 Å². The molecule has 0 aliphatic rings. The lowest BCUT2D eigenvalue weighted by molar-refractivity contribution is -0.137. The first-order valence-corrected chi connectivity index (χ1v) is 8.50. The number of carbonyl (C=O) groups is 1. The molecule has 0 radical (unpaired) electrons. The largest absolute Gasteiger partial charge is 0.493 e. The molecule has 0 bridgehead atoms. The van der Waals surface area contributed by atoms with Gasteiger partial charge in [-0.15, -0.1) is 0 Å². The van der Waals surface area contributed by atoms with Crippen molar-refractivity contribution in [2.24, 2.45) is 0 Å². The zero-order chi connectivity index (χ0) is 21.2. The topological polar surface area (TPSA) is 76.2 Å². The molecular weight excluding hydrogens is 387 g/mol. The van der Waals surface area contributed by atoms with Gasteiger partial charge in [0, 0.05) is 11.1 Å². The molecule has 152 valence electrons. The predicted octanol–water partition coefficient (Wildman–Crippen LogP) is 4.67. The maximum atomic E-state index is 12.8. The highest BCUT2D eigenvalue weighted by molar-refractivity contribution is 6.06. The summed E-state index contributed by atoms with van der Waals surface area (Å²) < 4.78 is 48.7. The Morgan fingerprint density at radius 3 is 2.28 bits per heavy atom. The summed E-state index contributed by atoms with van der Waals surface area (Å²) in [6.45, 7) is 1.70. The van der Waals surface area contributed by atoms with Crippen LogP contribution in [-0.4, -0.2) is 30.3 Å². The first kappa shape index (κ1) is 20.2. The molecule has 0 spiro atoms. The van der Waals surface area contributed by atoms with Gasteiger partial charge in [-0.05, 0) is 37.3 Å². The van der Waals surface area contributed by atoms with Crippen LogP contribution in [0.5, 0.6) is 11.5 Å². The highest BCUT2D eigenvalue weighted by Crippen LogP contribution is 2.34. The van der Waals surface area contributed by atoms with Gasteiger partial charge in [0.25, 0.3) is 5.91 Å². The van der Waals surface area contributed by atoms with E-state index in [9.17, 15) is 18.0 Å². The van der Waals surface area contributed by atoms with Gasteiger partial charge in [-0.3, -0.25) is 9.89 Å². The molecule has 1 heterocycles. The molecule has 1 aromatic heterocycles. The third-order valence-electron chi connectivity index (χ3n) is 4.32. The normalized spacial score (nSPS) is 11.2. The number of amides is 1. The van der Waals surface area contributed by atoms with E-state index in [2.05, 4.69) is 15.5 Å². The van der Waals surface area contributed by atoms with E-state index in [1.165, 1.54) is 32.4 Å². The minimum Gasteiger partial charge on any atom is -0.493 e. The summed E-state index contributed by atoms with van der Waals surface area (Å²) in [7, 11) is 2.95. The maximum Gasteiger partial charge on any atom is 0.416 e. The Morgan fingerprint density at radius 1 is 1.03 bits per heavy atom. The summed E-state index contributed by atoms with van der Waals surface area (Å²) >= 11 is 0. The number of hydrogen-bond acceptors (Lipinski definition) is 4. The highest BCUT2D eigenvalue weighted by atomic mass is 19.4. The average Bonchev–Trinajstić information content (AvgIpc) is 3.07. The Bertz CT molecular complexity index is 1030. The number of carbonyl (C=O) groups excluding carboxylic acids is 1. The van der Waals surface area contributed by atoms with Crippen molar-refractivity contribution in [1.29, 1.82) is 0 Å². The molecule has 6 nitrogen and oxygen atoms in total. The third-order valence-corrected chi connectivity index (χ3v) is 4.32. The van der Waals surface area contributed by atoms with Crippen molar-refractivity contribution in [3.63, 3.8) is 0 Å². The summed E-state index contributed by atoms with van der Waals surface area (Å²) in [6, 6.07) is 9.27. The Kier molecular flexibility index (Phi) is 5.49. The molecule has 0 fully saturated rings. The van der Waals surface area contributed by atoms with Crippen LogP contribution >= 0.6 is 0 Å². The van der Waals surface area contributed by atoms with Crippen molar-refractivity contribution in [2.45, 2.75) is 13.1 Å². The molecular formula is C20H18F3N3O3. The monoisotopic (exact) mass is 405 g/mol. The zero-order valence-electron chi connectivity index (χ0n) is 15.8. The molecule has 0 aliphatic carbocycles. The van der Waals surface area contributed by atoms with E-state index < -0.39 is 17.6 Å². The van der Waals surface area contributed by atoms with Crippen molar-refractivity contribution in [3.8, 4) is 22.8 Å². The van der Waals surface area contributed by atoms with Crippen molar-refractivity contribution >= 4 is 11.6 Å². The number of hydrogen-bond donors (Lipinski definition) is 2. The lowest BCUT2D eigenvalue weighted by atomic mass is 10.1. The number of nitrogens with zero attached hydrogens (tertiary/aromatic N) is 1. The standard InChI is InChI=1S/C20H18F3N3O3/c1-11-17(24-19(27)13-6-9-15(28-2)16(10-13)29-3)18(26-25-11)12-4-7-14(8-5-12)20(21,22)23/h4-10H,1-3H3,(H,24,27)(H,25,26). The van der Waals surface area contributed by atoms with Crippen molar-refractivity contribution in [1.82, 2.24) is 10.2 Å². The smallest absolute Gasteiger partial charge is 0.416 e. The molecule has 0 aliphatic heterocycles. The van der Waals surface area contributed by atoms with E-state index >= 15 is 0 Å². The average molecular weight is 405 g/mol. The maximum absolute atomic E-state index is 12.8. The molecule has 2 aromatic carbocycles. The Hall–Kier alpha value is -3.49. The molecule has 3 aromatic rings. The van der Waals surface area contributed by atoms with Crippen LogP contribution in [0.2, 0.25) is 0 Å². The number of aryl methyl sites for hydroxylation is 1. The van der Waals surface area contributed by atoms with Crippen LogP contribution in [0.4, 0.5) is 18.9 Å². The summed E-state index contributed by atoms with van der Waals surface area (Å²) in [4.78, 5) is 12.7. The second-order valence-corrected chi connectivity index (χ2v) is 6.17. The number of aromatic nitrogens is 2. The molecule has 0 saturated carbocycles. The molecule has 29 heavy (non-hydrogen) atoms. The number of H-pyrrole nitrogens is 1. The van der Waals surface area contributed by atoms with Gasteiger partial charge in [0.05, 0.1) is 31.2 Å². The van der Waals surface area contributed by atoms with Gasteiger partial charge in [-0.2, -0.15) is 18.3 Å². The number of alkyl halides is 3. The van der Waals surface area contributed by atoms with Gasteiger partial charge in [0.2, 0.25) is 0 Å². The first-order valence-electron chi connectivity index (χ1n) is 8.50. The number of rotatable bonds is 5. The number of ether oxygens (including phenoxy) is 2. The lowest BCUT2D eigenvalue weighted by Gasteiger charge is -2.11. The van der Waals surface area contributed by atoms with Gasteiger partial charge in [0.1, 0.15) is 5.69 Å². The second kappa shape index (κ2) is 7.86.